The molecule has 200 valence electrons. The minimum atomic E-state index is -4.59. The first-order valence-electron chi connectivity index (χ1n) is 12.6. The smallest absolute Gasteiger partial charge is 0.379 e. The Bertz CT molecular complexity index is 1380. The van der Waals surface area contributed by atoms with Crippen LogP contribution in [0.5, 0.6) is 0 Å². The first kappa shape index (κ1) is 25.0. The number of aromatic nitrogens is 3. The van der Waals surface area contributed by atoms with Crippen LogP contribution in [0.1, 0.15) is 57.4 Å². The van der Waals surface area contributed by atoms with Gasteiger partial charge in [-0.15, -0.1) is 10.2 Å². The molecule has 0 spiro atoms. The van der Waals surface area contributed by atoms with Crippen LogP contribution >= 0.6 is 0 Å². The average molecular weight is 530 g/mol. The van der Waals surface area contributed by atoms with Gasteiger partial charge in [-0.3, -0.25) is 9.69 Å². The fourth-order valence-corrected chi connectivity index (χ4v) is 5.75. The second-order valence-electron chi connectivity index (χ2n) is 10.4. The Morgan fingerprint density at radius 1 is 1.13 bits per heavy atom. The van der Waals surface area contributed by atoms with Crippen LogP contribution in [-0.2, 0) is 36.5 Å². The van der Waals surface area contributed by atoms with E-state index in [1.54, 1.807) is 37.4 Å². The molecular formula is C27H27F4N5O2. The van der Waals surface area contributed by atoms with E-state index in [0.29, 0.717) is 23.4 Å². The number of benzene rings is 2. The number of alkyl halides is 4. The molecule has 7 nitrogen and oxygen atoms in total. The van der Waals surface area contributed by atoms with Crippen LogP contribution in [0, 0.1) is 0 Å². The van der Waals surface area contributed by atoms with Gasteiger partial charge in [0.1, 0.15) is 6.33 Å². The van der Waals surface area contributed by atoms with Crippen LogP contribution in [0.15, 0.2) is 42.7 Å². The topological polar surface area (TPSA) is 63.5 Å². The Balaban J connectivity index is 1.34. The molecule has 38 heavy (non-hydrogen) atoms. The molecule has 1 atom stereocenters. The van der Waals surface area contributed by atoms with Gasteiger partial charge < -0.3 is 14.2 Å². The molecule has 2 fully saturated rings. The predicted octanol–water partition coefficient (Wildman–Crippen LogP) is 4.57. The second-order valence-corrected chi connectivity index (χ2v) is 10.4. The van der Waals surface area contributed by atoms with E-state index in [9.17, 15) is 18.0 Å². The molecule has 0 bridgehead atoms. The largest absolute Gasteiger partial charge is 0.416 e. The van der Waals surface area contributed by atoms with Crippen molar-refractivity contribution in [2.24, 2.45) is 7.05 Å². The van der Waals surface area contributed by atoms with Gasteiger partial charge in [-0.05, 0) is 66.9 Å². The molecule has 4 heterocycles. The Morgan fingerprint density at radius 2 is 1.89 bits per heavy atom. The van der Waals surface area contributed by atoms with Crippen LogP contribution in [-0.4, -0.2) is 51.9 Å². The van der Waals surface area contributed by atoms with E-state index < -0.39 is 29.2 Å². The summed E-state index contributed by atoms with van der Waals surface area (Å²) in [5, 5.41) is 7.69. The molecule has 1 aromatic heterocycles. The number of carbonyl (C=O) groups is 1. The number of ether oxygens (including phenoxy) is 1. The third-order valence-electron chi connectivity index (χ3n) is 7.92. The number of likely N-dealkylation sites (tertiary alicyclic amines) is 1. The van der Waals surface area contributed by atoms with Gasteiger partial charge in [-0.25, -0.2) is 4.39 Å². The summed E-state index contributed by atoms with van der Waals surface area (Å²) in [6.45, 7) is 2.05. The summed E-state index contributed by atoms with van der Waals surface area (Å²) in [6.07, 6.45) is -2.65. The van der Waals surface area contributed by atoms with Crippen LogP contribution in [0.25, 0.3) is 0 Å². The average Bonchev–Trinajstić information content (AvgIpc) is 3.59. The van der Waals surface area contributed by atoms with Gasteiger partial charge in [0, 0.05) is 24.8 Å². The molecule has 0 radical (unpaired) electrons. The van der Waals surface area contributed by atoms with Gasteiger partial charge in [0.15, 0.2) is 12.0 Å². The molecular weight excluding hydrogens is 502 g/mol. The van der Waals surface area contributed by atoms with Crippen LogP contribution in [0.2, 0.25) is 0 Å². The van der Waals surface area contributed by atoms with Crippen molar-refractivity contribution >= 4 is 11.6 Å². The number of aryl methyl sites for hydroxylation is 1. The summed E-state index contributed by atoms with van der Waals surface area (Å²) in [7, 11) is 1.65. The number of amides is 1. The number of rotatable bonds is 6. The quantitative estimate of drug-likeness (QED) is 0.438. The van der Waals surface area contributed by atoms with E-state index in [1.807, 2.05) is 0 Å². The number of nitrogens with zero attached hydrogens (tertiary/aromatic N) is 5. The fourth-order valence-electron chi connectivity index (χ4n) is 5.75. The number of anilines is 1. The SMILES string of the molecule is Cn1cnnc1[C@@H](F)C1(c2cccc(N3Cc4c(cc(CN5CCCC5)cc4C(F)(F)F)C3=O)c2)COC1. The Morgan fingerprint density at radius 3 is 2.53 bits per heavy atom. The Hall–Kier alpha value is -3.31. The van der Waals surface area contributed by atoms with Crippen molar-refractivity contribution in [1.29, 1.82) is 0 Å². The molecule has 0 aliphatic carbocycles. The molecule has 0 saturated carbocycles. The molecule has 2 saturated heterocycles. The maximum atomic E-state index is 15.8. The second kappa shape index (κ2) is 9.16. The normalized spacial score (nSPS) is 20.0. The Kier molecular flexibility index (Phi) is 6.03. The summed E-state index contributed by atoms with van der Waals surface area (Å²) >= 11 is 0. The lowest BCUT2D eigenvalue weighted by Gasteiger charge is -2.43. The van der Waals surface area contributed by atoms with Gasteiger partial charge in [-0.2, -0.15) is 13.2 Å². The van der Waals surface area contributed by atoms with Crippen molar-refractivity contribution < 1.29 is 27.1 Å². The molecule has 2 aromatic carbocycles. The van der Waals surface area contributed by atoms with E-state index in [2.05, 4.69) is 15.1 Å². The summed E-state index contributed by atoms with van der Waals surface area (Å²) in [6, 6.07) is 9.55. The number of hydrogen-bond donors (Lipinski definition) is 0. The molecule has 0 N–H and O–H groups in total. The molecule has 3 aromatic rings. The molecule has 0 unspecified atom stereocenters. The molecule has 3 aliphatic rings. The predicted molar refractivity (Wildman–Crippen MR) is 130 cm³/mol. The highest BCUT2D eigenvalue weighted by Crippen LogP contribution is 2.46. The standard InChI is InChI=1S/C27H27F4N5O2/c1-34-16-32-33-24(34)23(28)26(14-38-15-26)18-5-4-6-19(11-18)36-13-21-20(25(36)37)9-17(10-22(21)27(29,30)31)12-35-7-2-3-8-35/h4-6,9-11,16,23H,2-3,7-8,12-15H2,1H3/t23-/m1/s1. The fraction of sp³-hybridized carbons (Fsp3) is 0.444. The first-order valence-corrected chi connectivity index (χ1v) is 12.6. The third kappa shape index (κ3) is 4.08. The highest BCUT2D eigenvalue weighted by Gasteiger charge is 2.51. The lowest BCUT2D eigenvalue weighted by molar-refractivity contribution is -0.138. The lowest BCUT2D eigenvalue weighted by atomic mass is 9.74. The van der Waals surface area contributed by atoms with E-state index in [-0.39, 0.29) is 36.7 Å². The first-order chi connectivity index (χ1) is 18.2. The van der Waals surface area contributed by atoms with Crippen LogP contribution in [0.4, 0.5) is 23.2 Å². The van der Waals surface area contributed by atoms with Gasteiger partial charge in [0.25, 0.3) is 5.91 Å². The van der Waals surface area contributed by atoms with E-state index in [4.69, 9.17) is 4.74 Å². The van der Waals surface area contributed by atoms with Crippen molar-refractivity contribution in [3.8, 4) is 0 Å². The van der Waals surface area contributed by atoms with E-state index >= 15 is 4.39 Å². The van der Waals surface area contributed by atoms with E-state index in [1.165, 1.54) is 21.9 Å². The third-order valence-corrected chi connectivity index (χ3v) is 7.92. The van der Waals surface area contributed by atoms with Crippen LogP contribution in [0.3, 0.4) is 0 Å². The molecule has 1 amide bonds. The maximum absolute atomic E-state index is 15.8. The number of halogens is 4. The summed E-state index contributed by atoms with van der Waals surface area (Å²) in [5.74, 6) is -0.335. The maximum Gasteiger partial charge on any atom is 0.416 e. The van der Waals surface area contributed by atoms with Crippen molar-refractivity contribution in [3.05, 3.63) is 76.4 Å². The highest BCUT2D eigenvalue weighted by molar-refractivity contribution is 6.10. The minimum absolute atomic E-state index is 0.0257. The zero-order chi connectivity index (χ0) is 26.7. The van der Waals surface area contributed by atoms with Crippen molar-refractivity contribution in [1.82, 2.24) is 19.7 Å². The number of fused-ring (bicyclic) bond motifs is 1. The van der Waals surface area contributed by atoms with Crippen molar-refractivity contribution in [2.75, 3.05) is 31.2 Å². The summed E-state index contributed by atoms with van der Waals surface area (Å²) in [4.78, 5) is 16.9. The van der Waals surface area contributed by atoms with E-state index in [0.717, 1.165) is 25.9 Å². The minimum Gasteiger partial charge on any atom is -0.379 e. The van der Waals surface area contributed by atoms with Gasteiger partial charge >= 0.3 is 6.18 Å². The number of carbonyl (C=O) groups excluding carboxylic acids is 1. The van der Waals surface area contributed by atoms with Gasteiger partial charge in [-0.1, -0.05) is 12.1 Å². The van der Waals surface area contributed by atoms with Gasteiger partial charge in [0.05, 0.1) is 30.7 Å². The zero-order valence-corrected chi connectivity index (χ0v) is 20.8. The molecule has 11 heteroatoms. The highest BCUT2D eigenvalue weighted by atomic mass is 19.4. The lowest BCUT2D eigenvalue weighted by Crippen LogP contribution is -2.50. The van der Waals surface area contributed by atoms with Gasteiger partial charge in [0.2, 0.25) is 0 Å². The monoisotopic (exact) mass is 529 g/mol. The molecule has 3 aliphatic heterocycles. The van der Waals surface area contributed by atoms with Crippen molar-refractivity contribution in [3.63, 3.8) is 0 Å². The zero-order valence-electron chi connectivity index (χ0n) is 20.8. The van der Waals surface area contributed by atoms with Crippen molar-refractivity contribution in [2.45, 2.75) is 43.7 Å². The summed E-state index contributed by atoms with van der Waals surface area (Å²) < 4.78 is 65.0. The molecule has 6 rings (SSSR count). The number of hydrogen-bond acceptors (Lipinski definition) is 5. The Labute approximate surface area is 217 Å². The van der Waals surface area contributed by atoms with Crippen LogP contribution < -0.4 is 4.90 Å². The summed E-state index contributed by atoms with van der Waals surface area (Å²) in [5.41, 5.74) is -0.277.